The molecular weight excluding hydrogens is 458 g/mol. The van der Waals surface area contributed by atoms with E-state index in [0.717, 1.165) is 17.0 Å². The molecule has 0 bridgehead atoms. The molecule has 11 heteroatoms. The number of hydrogen-bond donors (Lipinski definition) is 2. The van der Waals surface area contributed by atoms with Gasteiger partial charge in [0.1, 0.15) is 5.01 Å². The Hall–Kier alpha value is -3.57. The highest BCUT2D eigenvalue weighted by Gasteiger charge is 2.14. The first-order chi connectivity index (χ1) is 16.0. The van der Waals surface area contributed by atoms with Crippen LogP contribution < -0.4 is 10.6 Å². The van der Waals surface area contributed by atoms with Crippen molar-refractivity contribution in [1.82, 2.24) is 25.0 Å². The van der Waals surface area contributed by atoms with E-state index in [1.165, 1.54) is 23.1 Å². The first-order valence-corrected chi connectivity index (χ1v) is 11.9. The van der Waals surface area contributed by atoms with Gasteiger partial charge in [-0.3, -0.25) is 14.9 Å². The Morgan fingerprint density at radius 2 is 1.73 bits per heavy atom. The Morgan fingerprint density at radius 3 is 2.42 bits per heavy atom. The number of aryl methyl sites for hydroxylation is 1. The topological polar surface area (TPSA) is 115 Å². The standard InChI is InChI=1S/C22H21N7O2S2/c1-3-18-25-27-21(33-18)24-17(30)13-32-22-28-26-19(29(22)2)14-9-11-16(12-10-14)23-20(31)15-7-5-4-6-8-15/h4-12H,3,13H2,1-2H3,(H,23,31)(H,24,27,30). The maximum Gasteiger partial charge on any atom is 0.255 e. The molecule has 4 rings (SSSR count). The van der Waals surface area contributed by atoms with Gasteiger partial charge in [0.25, 0.3) is 5.91 Å². The van der Waals surface area contributed by atoms with Gasteiger partial charge in [-0.15, -0.1) is 20.4 Å². The third-order valence-corrected chi connectivity index (χ3v) is 6.62. The summed E-state index contributed by atoms with van der Waals surface area (Å²) in [5.74, 6) is 0.494. The van der Waals surface area contributed by atoms with E-state index in [0.29, 0.717) is 27.4 Å². The first kappa shape index (κ1) is 22.6. The number of rotatable bonds is 8. The van der Waals surface area contributed by atoms with Gasteiger partial charge in [-0.2, -0.15) is 0 Å². The Balaban J connectivity index is 1.35. The van der Waals surface area contributed by atoms with Gasteiger partial charge in [-0.05, 0) is 42.8 Å². The molecule has 4 aromatic rings. The number of nitrogens with zero attached hydrogens (tertiary/aromatic N) is 5. The Labute approximate surface area is 198 Å². The molecule has 9 nitrogen and oxygen atoms in total. The van der Waals surface area contributed by atoms with Crippen molar-refractivity contribution < 1.29 is 9.59 Å². The van der Waals surface area contributed by atoms with Crippen LogP contribution in [0.4, 0.5) is 10.8 Å². The number of carbonyl (C=O) groups is 2. The molecule has 0 spiro atoms. The van der Waals surface area contributed by atoms with E-state index in [1.54, 1.807) is 12.1 Å². The summed E-state index contributed by atoms with van der Waals surface area (Å²) in [7, 11) is 1.85. The number of amides is 2. The minimum atomic E-state index is -0.179. The number of benzene rings is 2. The molecule has 2 heterocycles. The van der Waals surface area contributed by atoms with Gasteiger partial charge in [0.05, 0.1) is 5.75 Å². The van der Waals surface area contributed by atoms with Crippen molar-refractivity contribution in [2.45, 2.75) is 18.5 Å². The van der Waals surface area contributed by atoms with Crippen LogP contribution in [0.2, 0.25) is 0 Å². The van der Waals surface area contributed by atoms with E-state index in [4.69, 9.17) is 0 Å². The van der Waals surface area contributed by atoms with Crippen molar-refractivity contribution in [1.29, 1.82) is 0 Å². The van der Waals surface area contributed by atoms with Crippen LogP contribution in [0.1, 0.15) is 22.3 Å². The molecular formula is C22H21N7O2S2. The predicted octanol–water partition coefficient (Wildman–Crippen LogP) is 3.88. The summed E-state index contributed by atoms with van der Waals surface area (Å²) in [5, 5.41) is 24.0. The van der Waals surface area contributed by atoms with Gasteiger partial charge in [-0.1, -0.05) is 48.2 Å². The molecule has 0 aliphatic carbocycles. The highest BCUT2D eigenvalue weighted by atomic mass is 32.2. The Bertz CT molecular complexity index is 1250. The summed E-state index contributed by atoms with van der Waals surface area (Å²) in [6, 6.07) is 16.4. The normalized spacial score (nSPS) is 10.7. The number of hydrogen-bond acceptors (Lipinski definition) is 8. The van der Waals surface area contributed by atoms with E-state index in [9.17, 15) is 9.59 Å². The third-order valence-electron chi connectivity index (χ3n) is 4.62. The average Bonchev–Trinajstić information content (AvgIpc) is 3.45. The lowest BCUT2D eigenvalue weighted by Gasteiger charge is -2.07. The number of carbonyl (C=O) groups excluding carboxylic acids is 2. The Kier molecular flexibility index (Phi) is 7.10. The molecule has 168 valence electrons. The molecule has 2 aromatic heterocycles. The predicted molar refractivity (Wildman–Crippen MR) is 129 cm³/mol. The SMILES string of the molecule is CCc1nnc(NC(=O)CSc2nnc(-c3ccc(NC(=O)c4ccccc4)cc3)n2C)s1. The van der Waals surface area contributed by atoms with Crippen molar-refractivity contribution in [2.75, 3.05) is 16.4 Å². The average molecular weight is 480 g/mol. The molecule has 0 aliphatic heterocycles. The molecule has 0 unspecified atom stereocenters. The summed E-state index contributed by atoms with van der Waals surface area (Å²) in [4.78, 5) is 24.5. The molecule has 0 fully saturated rings. The van der Waals surface area contributed by atoms with Gasteiger partial charge < -0.3 is 9.88 Å². The van der Waals surface area contributed by atoms with Gasteiger partial charge in [0, 0.05) is 23.9 Å². The molecule has 33 heavy (non-hydrogen) atoms. The summed E-state index contributed by atoms with van der Waals surface area (Å²) in [5.41, 5.74) is 2.13. The van der Waals surface area contributed by atoms with Crippen LogP contribution in [-0.4, -0.2) is 42.5 Å². The zero-order valence-corrected chi connectivity index (χ0v) is 19.6. The second-order valence-corrected chi connectivity index (χ2v) is 8.96. The molecule has 0 atom stereocenters. The lowest BCUT2D eigenvalue weighted by Crippen LogP contribution is -2.14. The molecule has 0 radical (unpaired) electrons. The van der Waals surface area contributed by atoms with E-state index in [-0.39, 0.29) is 17.6 Å². The summed E-state index contributed by atoms with van der Waals surface area (Å²) >= 11 is 2.66. The maximum absolute atomic E-state index is 12.3. The summed E-state index contributed by atoms with van der Waals surface area (Å²) < 4.78 is 1.83. The van der Waals surface area contributed by atoms with Crippen LogP contribution in [0.15, 0.2) is 59.8 Å². The van der Waals surface area contributed by atoms with Gasteiger partial charge in [0.15, 0.2) is 11.0 Å². The largest absolute Gasteiger partial charge is 0.322 e. The third kappa shape index (κ3) is 5.62. The second-order valence-electron chi connectivity index (χ2n) is 6.95. The van der Waals surface area contributed by atoms with E-state index in [2.05, 4.69) is 31.0 Å². The lowest BCUT2D eigenvalue weighted by atomic mass is 10.1. The van der Waals surface area contributed by atoms with E-state index >= 15 is 0 Å². The number of thioether (sulfide) groups is 1. The molecule has 2 N–H and O–H groups in total. The molecule has 0 aliphatic rings. The zero-order chi connectivity index (χ0) is 23.2. The van der Waals surface area contributed by atoms with E-state index in [1.807, 2.05) is 61.0 Å². The molecule has 0 saturated carbocycles. The number of anilines is 2. The fraction of sp³-hybridized carbons (Fsp3) is 0.182. The van der Waals surface area contributed by atoms with Crippen LogP contribution in [0.5, 0.6) is 0 Å². The molecule has 2 amide bonds. The van der Waals surface area contributed by atoms with Crippen molar-refractivity contribution in [2.24, 2.45) is 7.05 Å². The fourth-order valence-electron chi connectivity index (χ4n) is 2.92. The fourth-order valence-corrected chi connectivity index (χ4v) is 4.33. The summed E-state index contributed by atoms with van der Waals surface area (Å²) in [6.07, 6.45) is 0.782. The zero-order valence-electron chi connectivity index (χ0n) is 18.0. The van der Waals surface area contributed by atoms with Crippen molar-refractivity contribution in [3.63, 3.8) is 0 Å². The Morgan fingerprint density at radius 1 is 0.970 bits per heavy atom. The van der Waals surface area contributed by atoms with Crippen LogP contribution in [0.25, 0.3) is 11.4 Å². The van der Waals surface area contributed by atoms with Gasteiger partial charge in [-0.25, -0.2) is 0 Å². The number of nitrogens with one attached hydrogen (secondary N) is 2. The van der Waals surface area contributed by atoms with Crippen LogP contribution in [-0.2, 0) is 18.3 Å². The van der Waals surface area contributed by atoms with E-state index < -0.39 is 0 Å². The van der Waals surface area contributed by atoms with Gasteiger partial charge in [0.2, 0.25) is 11.0 Å². The maximum atomic E-state index is 12.3. The molecule has 2 aromatic carbocycles. The number of aromatic nitrogens is 5. The smallest absolute Gasteiger partial charge is 0.255 e. The van der Waals surface area contributed by atoms with Gasteiger partial charge >= 0.3 is 0 Å². The minimum Gasteiger partial charge on any atom is -0.322 e. The van der Waals surface area contributed by atoms with Crippen LogP contribution >= 0.6 is 23.1 Å². The van der Waals surface area contributed by atoms with Crippen LogP contribution in [0, 0.1) is 0 Å². The first-order valence-electron chi connectivity index (χ1n) is 10.1. The molecule has 0 saturated heterocycles. The van der Waals surface area contributed by atoms with Crippen LogP contribution in [0.3, 0.4) is 0 Å². The minimum absolute atomic E-state index is 0.168. The highest BCUT2D eigenvalue weighted by Crippen LogP contribution is 2.24. The highest BCUT2D eigenvalue weighted by molar-refractivity contribution is 7.99. The van der Waals surface area contributed by atoms with Crippen molar-refractivity contribution in [3.05, 3.63) is 65.2 Å². The van der Waals surface area contributed by atoms with Crippen molar-refractivity contribution >= 4 is 45.7 Å². The monoisotopic (exact) mass is 479 g/mol. The lowest BCUT2D eigenvalue weighted by molar-refractivity contribution is -0.113. The second kappa shape index (κ2) is 10.4. The summed E-state index contributed by atoms with van der Waals surface area (Å²) in [6.45, 7) is 1.99. The van der Waals surface area contributed by atoms with Crippen molar-refractivity contribution in [3.8, 4) is 11.4 Å². The quantitative estimate of drug-likeness (QED) is 0.369.